The van der Waals surface area contributed by atoms with Crippen LogP contribution in [0.1, 0.15) is 27.8 Å². The molecule has 0 bridgehead atoms. The number of carbonyl (C=O) groups is 1. The van der Waals surface area contributed by atoms with Crippen molar-refractivity contribution in [3.8, 4) is 11.1 Å². The molecule has 8 heteroatoms. The molecule has 8 nitrogen and oxygen atoms in total. The van der Waals surface area contributed by atoms with Crippen LogP contribution in [0.25, 0.3) is 16.6 Å². The summed E-state index contributed by atoms with van der Waals surface area (Å²) in [6.07, 6.45) is 3.80. The zero-order valence-corrected chi connectivity index (χ0v) is 17.9. The highest BCUT2D eigenvalue weighted by Gasteiger charge is 2.32. The van der Waals surface area contributed by atoms with Gasteiger partial charge in [0.25, 0.3) is 5.91 Å². The molecule has 1 aliphatic heterocycles. The van der Waals surface area contributed by atoms with Crippen molar-refractivity contribution in [2.45, 2.75) is 13.0 Å². The predicted molar refractivity (Wildman–Crippen MR) is 118 cm³/mol. The van der Waals surface area contributed by atoms with Crippen LogP contribution in [0.3, 0.4) is 0 Å². The number of piperazine rings is 1. The smallest absolute Gasteiger partial charge is 0.274 e. The lowest BCUT2D eigenvalue weighted by molar-refractivity contribution is 0.0535. The van der Waals surface area contributed by atoms with Crippen molar-refractivity contribution in [2.75, 3.05) is 26.7 Å². The van der Waals surface area contributed by atoms with Gasteiger partial charge in [0.15, 0.2) is 0 Å². The second-order valence-corrected chi connectivity index (χ2v) is 8.21. The van der Waals surface area contributed by atoms with Gasteiger partial charge in [-0.3, -0.25) is 14.4 Å². The Kier molecular flexibility index (Phi) is 4.78. The quantitative estimate of drug-likeness (QED) is 0.514. The van der Waals surface area contributed by atoms with Gasteiger partial charge in [-0.05, 0) is 31.7 Å². The lowest BCUT2D eigenvalue weighted by atomic mass is 10.0. The van der Waals surface area contributed by atoms with Crippen molar-refractivity contribution in [1.29, 1.82) is 0 Å². The molecule has 1 unspecified atom stereocenters. The van der Waals surface area contributed by atoms with Crippen LogP contribution in [-0.2, 0) is 7.05 Å². The van der Waals surface area contributed by atoms with Gasteiger partial charge < -0.3 is 4.90 Å². The first-order chi connectivity index (χ1) is 15.0. The minimum Gasteiger partial charge on any atom is -0.334 e. The maximum Gasteiger partial charge on any atom is 0.274 e. The van der Waals surface area contributed by atoms with Crippen LogP contribution in [0.15, 0.2) is 54.9 Å². The van der Waals surface area contributed by atoms with Crippen LogP contribution in [0, 0.1) is 6.92 Å². The molecule has 4 aromatic rings. The van der Waals surface area contributed by atoms with E-state index in [0.29, 0.717) is 18.8 Å². The number of nitrogens with zero attached hydrogens (tertiary/aromatic N) is 7. The fourth-order valence-electron chi connectivity index (χ4n) is 4.11. The number of aromatic nitrogens is 5. The van der Waals surface area contributed by atoms with Gasteiger partial charge in [-0.2, -0.15) is 5.10 Å². The summed E-state index contributed by atoms with van der Waals surface area (Å²) in [6.45, 7) is 4.07. The van der Waals surface area contributed by atoms with Gasteiger partial charge >= 0.3 is 0 Å². The van der Waals surface area contributed by atoms with E-state index in [1.54, 1.807) is 16.9 Å². The number of hydrogen-bond acceptors (Lipinski definition) is 5. The second-order valence-electron chi connectivity index (χ2n) is 8.21. The molecular weight excluding hydrogens is 390 g/mol. The average Bonchev–Trinajstić information content (AvgIpc) is 3.40. The summed E-state index contributed by atoms with van der Waals surface area (Å²) < 4.78 is 3.48. The van der Waals surface area contributed by atoms with E-state index in [1.165, 1.54) is 5.56 Å². The normalized spacial score (nSPS) is 17.4. The molecule has 1 aliphatic rings. The molecule has 1 saturated heterocycles. The number of likely N-dealkylation sites (N-methyl/N-ethyl adjacent to an activating group) is 1. The molecule has 0 spiro atoms. The van der Waals surface area contributed by atoms with E-state index in [0.717, 1.165) is 28.9 Å². The van der Waals surface area contributed by atoms with Crippen molar-refractivity contribution in [3.63, 3.8) is 0 Å². The zero-order valence-electron chi connectivity index (χ0n) is 17.9. The Balaban J connectivity index is 1.43. The summed E-state index contributed by atoms with van der Waals surface area (Å²) in [4.78, 5) is 17.0. The van der Waals surface area contributed by atoms with Crippen molar-refractivity contribution < 1.29 is 4.79 Å². The van der Waals surface area contributed by atoms with Crippen LogP contribution in [0.4, 0.5) is 0 Å². The van der Waals surface area contributed by atoms with E-state index < -0.39 is 0 Å². The standard InChI is InChI=1S/C23H25N7O/c1-16-4-6-17(7-5-16)18-8-9-20-22(24-26-30(20)14-18)21-15-29(13-12-27(21)2)23(31)19-10-11-28(3)25-19/h4-11,14,21H,12-13,15H2,1-3H3. The minimum atomic E-state index is -0.0446. The van der Waals surface area contributed by atoms with Crippen molar-refractivity contribution in [1.82, 2.24) is 34.4 Å². The largest absolute Gasteiger partial charge is 0.334 e. The predicted octanol–water partition coefficient (Wildman–Crippen LogP) is 2.57. The molecular formula is C23H25N7O. The van der Waals surface area contributed by atoms with Gasteiger partial charge in [0.2, 0.25) is 0 Å². The third-order valence-corrected chi connectivity index (χ3v) is 6.01. The van der Waals surface area contributed by atoms with Crippen LogP contribution >= 0.6 is 0 Å². The summed E-state index contributed by atoms with van der Waals surface area (Å²) in [5.74, 6) is -0.0446. The van der Waals surface area contributed by atoms with Gasteiger partial charge in [-0.25, -0.2) is 4.52 Å². The first kappa shape index (κ1) is 19.4. The van der Waals surface area contributed by atoms with Gasteiger partial charge in [0.1, 0.15) is 11.4 Å². The van der Waals surface area contributed by atoms with Crippen LogP contribution < -0.4 is 0 Å². The van der Waals surface area contributed by atoms with Gasteiger partial charge in [0, 0.05) is 44.6 Å². The Morgan fingerprint density at radius 3 is 2.52 bits per heavy atom. The van der Waals surface area contributed by atoms with Crippen molar-refractivity contribution >= 4 is 11.4 Å². The Morgan fingerprint density at radius 1 is 1.00 bits per heavy atom. The summed E-state index contributed by atoms with van der Waals surface area (Å²) in [5.41, 5.74) is 5.79. The van der Waals surface area contributed by atoms with Crippen LogP contribution in [0.5, 0.6) is 0 Å². The Morgan fingerprint density at radius 2 is 1.77 bits per heavy atom. The molecule has 1 fully saturated rings. The fraction of sp³-hybridized carbons (Fsp3) is 0.304. The average molecular weight is 416 g/mol. The number of pyridine rings is 1. The Hall–Kier alpha value is -3.52. The Labute approximate surface area is 180 Å². The number of rotatable bonds is 3. The number of benzene rings is 1. The molecule has 1 aromatic carbocycles. The number of fused-ring (bicyclic) bond motifs is 1. The number of carbonyl (C=O) groups excluding carboxylic acids is 1. The molecule has 0 radical (unpaired) electrons. The molecule has 1 atom stereocenters. The van der Waals surface area contributed by atoms with Crippen LogP contribution in [0.2, 0.25) is 0 Å². The van der Waals surface area contributed by atoms with Crippen LogP contribution in [-0.4, -0.2) is 67.0 Å². The van der Waals surface area contributed by atoms with E-state index in [9.17, 15) is 4.79 Å². The number of aryl methyl sites for hydroxylation is 2. The lowest BCUT2D eigenvalue weighted by Gasteiger charge is -2.38. The molecule has 3 aromatic heterocycles. The first-order valence-electron chi connectivity index (χ1n) is 10.4. The van der Waals surface area contributed by atoms with E-state index in [4.69, 9.17) is 0 Å². The van der Waals surface area contributed by atoms with Gasteiger partial charge in [-0.1, -0.05) is 41.1 Å². The summed E-state index contributed by atoms with van der Waals surface area (Å²) in [6, 6.07) is 14.4. The van der Waals surface area contributed by atoms with E-state index in [2.05, 4.69) is 70.7 Å². The first-order valence-corrected chi connectivity index (χ1v) is 10.4. The highest BCUT2D eigenvalue weighted by Crippen LogP contribution is 2.28. The third-order valence-electron chi connectivity index (χ3n) is 6.01. The number of hydrogen-bond donors (Lipinski definition) is 0. The third kappa shape index (κ3) is 3.59. The summed E-state index contributed by atoms with van der Waals surface area (Å²) >= 11 is 0. The maximum absolute atomic E-state index is 12.9. The minimum absolute atomic E-state index is 0.0239. The Bertz CT molecular complexity index is 1240. The lowest BCUT2D eigenvalue weighted by Crippen LogP contribution is -2.49. The highest BCUT2D eigenvalue weighted by molar-refractivity contribution is 5.92. The second kappa shape index (κ2) is 7.63. The molecule has 158 valence electrons. The number of amides is 1. The monoisotopic (exact) mass is 415 g/mol. The van der Waals surface area contributed by atoms with Crippen molar-refractivity contribution in [3.05, 3.63) is 71.8 Å². The highest BCUT2D eigenvalue weighted by atomic mass is 16.2. The molecule has 1 amide bonds. The SMILES string of the molecule is Cc1ccc(-c2ccc3c(C4CN(C(=O)c5ccn(C)n5)CCN4C)nnn3c2)cc1. The van der Waals surface area contributed by atoms with Gasteiger partial charge in [-0.15, -0.1) is 5.10 Å². The van der Waals surface area contributed by atoms with Crippen molar-refractivity contribution in [2.24, 2.45) is 7.05 Å². The molecule has 31 heavy (non-hydrogen) atoms. The topological polar surface area (TPSA) is 71.6 Å². The molecule has 5 rings (SSSR count). The van der Waals surface area contributed by atoms with E-state index >= 15 is 0 Å². The molecule has 0 N–H and O–H groups in total. The van der Waals surface area contributed by atoms with E-state index in [1.807, 2.05) is 22.7 Å². The molecule has 0 aliphatic carbocycles. The summed E-state index contributed by atoms with van der Waals surface area (Å²) in [5, 5.41) is 13.2. The molecule has 4 heterocycles. The fourth-order valence-corrected chi connectivity index (χ4v) is 4.11. The maximum atomic E-state index is 12.9. The van der Waals surface area contributed by atoms with Gasteiger partial charge in [0.05, 0.1) is 11.6 Å². The molecule has 0 saturated carbocycles. The van der Waals surface area contributed by atoms with E-state index in [-0.39, 0.29) is 11.9 Å². The summed E-state index contributed by atoms with van der Waals surface area (Å²) in [7, 11) is 3.89. The zero-order chi connectivity index (χ0) is 21.5.